The highest BCUT2D eigenvalue weighted by atomic mass is 16.5. The van der Waals surface area contributed by atoms with Gasteiger partial charge in [0.2, 0.25) is 0 Å². The molecule has 0 aromatic heterocycles. The van der Waals surface area contributed by atoms with Crippen LogP contribution < -0.4 is 15.2 Å². The largest absolute Gasteiger partial charge is 0.497 e. The summed E-state index contributed by atoms with van der Waals surface area (Å²) in [5.74, 6) is 1.73. The van der Waals surface area contributed by atoms with Gasteiger partial charge in [-0.25, -0.2) is 0 Å². The molecular weight excluding hydrogens is 228 g/mol. The van der Waals surface area contributed by atoms with E-state index in [-0.39, 0.29) is 5.54 Å². The lowest BCUT2D eigenvalue weighted by atomic mass is 9.88. The third-order valence-electron chi connectivity index (χ3n) is 3.52. The maximum Gasteiger partial charge on any atom is 0.119 e. The molecule has 1 aromatic rings. The van der Waals surface area contributed by atoms with E-state index < -0.39 is 0 Å². The smallest absolute Gasteiger partial charge is 0.119 e. The monoisotopic (exact) mass is 250 g/mol. The molecule has 0 aliphatic carbocycles. The second-order valence-corrected chi connectivity index (χ2v) is 4.95. The van der Waals surface area contributed by atoms with Gasteiger partial charge in [0.25, 0.3) is 0 Å². The molecule has 1 fully saturated rings. The Morgan fingerprint density at radius 3 is 2.39 bits per heavy atom. The number of likely N-dealkylation sites (tertiary alicyclic amines) is 1. The zero-order valence-electron chi connectivity index (χ0n) is 11.2. The van der Waals surface area contributed by atoms with Gasteiger partial charge in [-0.2, -0.15) is 0 Å². The molecule has 1 aliphatic heterocycles. The fourth-order valence-electron chi connectivity index (χ4n) is 2.19. The first-order valence-electron chi connectivity index (χ1n) is 6.43. The van der Waals surface area contributed by atoms with Gasteiger partial charge in [-0.15, -0.1) is 0 Å². The van der Waals surface area contributed by atoms with E-state index in [0.717, 1.165) is 37.6 Å². The van der Waals surface area contributed by atoms with Gasteiger partial charge >= 0.3 is 0 Å². The average Bonchev–Trinajstić information content (AvgIpc) is 2.37. The van der Waals surface area contributed by atoms with Crippen molar-refractivity contribution in [3.63, 3.8) is 0 Å². The zero-order chi connectivity index (χ0) is 13.0. The molecule has 4 heteroatoms. The third-order valence-corrected chi connectivity index (χ3v) is 3.52. The Hall–Kier alpha value is -1.26. The topological polar surface area (TPSA) is 47.7 Å². The summed E-state index contributed by atoms with van der Waals surface area (Å²) in [6.45, 7) is 5.74. The maximum atomic E-state index is 6.11. The maximum absolute atomic E-state index is 6.11. The first kappa shape index (κ1) is 13.2. The van der Waals surface area contributed by atoms with E-state index >= 15 is 0 Å². The summed E-state index contributed by atoms with van der Waals surface area (Å²) >= 11 is 0. The Bertz CT molecular complexity index is 372. The van der Waals surface area contributed by atoms with Gasteiger partial charge in [0.05, 0.1) is 7.11 Å². The second-order valence-electron chi connectivity index (χ2n) is 4.95. The van der Waals surface area contributed by atoms with Crippen molar-refractivity contribution < 1.29 is 9.47 Å². The van der Waals surface area contributed by atoms with Crippen LogP contribution in [0.15, 0.2) is 24.3 Å². The summed E-state index contributed by atoms with van der Waals surface area (Å²) in [6.07, 6.45) is 1.04. The SMILES string of the molecule is CCC1(N)CN(CCOc2ccc(OC)cc2)C1. The van der Waals surface area contributed by atoms with Crippen molar-refractivity contribution in [3.05, 3.63) is 24.3 Å². The minimum Gasteiger partial charge on any atom is -0.497 e. The Morgan fingerprint density at radius 1 is 1.22 bits per heavy atom. The number of hydrogen-bond acceptors (Lipinski definition) is 4. The van der Waals surface area contributed by atoms with Crippen LogP contribution in [0.3, 0.4) is 0 Å². The highest BCUT2D eigenvalue weighted by Crippen LogP contribution is 2.21. The van der Waals surface area contributed by atoms with Crippen LogP contribution in [-0.4, -0.2) is 43.8 Å². The molecule has 0 radical (unpaired) electrons. The van der Waals surface area contributed by atoms with Crippen LogP contribution in [0.5, 0.6) is 11.5 Å². The summed E-state index contributed by atoms with van der Waals surface area (Å²) in [7, 11) is 1.66. The molecular formula is C14H22N2O2. The number of ether oxygens (including phenoxy) is 2. The molecule has 0 amide bonds. The summed E-state index contributed by atoms with van der Waals surface area (Å²) in [5, 5.41) is 0. The van der Waals surface area contributed by atoms with E-state index in [0.29, 0.717) is 6.61 Å². The first-order chi connectivity index (χ1) is 8.65. The van der Waals surface area contributed by atoms with Gasteiger partial charge in [-0.05, 0) is 30.7 Å². The van der Waals surface area contributed by atoms with Crippen molar-refractivity contribution in [3.8, 4) is 11.5 Å². The van der Waals surface area contributed by atoms with E-state index in [9.17, 15) is 0 Å². The molecule has 1 saturated heterocycles. The van der Waals surface area contributed by atoms with Crippen molar-refractivity contribution in [2.75, 3.05) is 33.4 Å². The molecule has 1 aliphatic rings. The highest BCUT2D eigenvalue weighted by Gasteiger charge is 2.37. The quantitative estimate of drug-likeness (QED) is 0.831. The van der Waals surface area contributed by atoms with E-state index in [1.165, 1.54) is 0 Å². The van der Waals surface area contributed by atoms with E-state index in [4.69, 9.17) is 15.2 Å². The minimum absolute atomic E-state index is 0.0418. The molecule has 100 valence electrons. The standard InChI is InChI=1S/C14H22N2O2/c1-3-14(15)10-16(11-14)8-9-18-13-6-4-12(17-2)5-7-13/h4-7H,3,8-11,15H2,1-2H3. The van der Waals surface area contributed by atoms with Crippen molar-refractivity contribution >= 4 is 0 Å². The van der Waals surface area contributed by atoms with Gasteiger partial charge in [-0.3, -0.25) is 4.90 Å². The van der Waals surface area contributed by atoms with E-state index in [1.54, 1.807) is 7.11 Å². The molecule has 2 N–H and O–H groups in total. The van der Waals surface area contributed by atoms with Crippen molar-refractivity contribution in [2.45, 2.75) is 18.9 Å². The lowest BCUT2D eigenvalue weighted by molar-refractivity contribution is 0.0549. The average molecular weight is 250 g/mol. The van der Waals surface area contributed by atoms with Crippen LogP contribution in [0.4, 0.5) is 0 Å². The summed E-state index contributed by atoms with van der Waals surface area (Å²) in [6, 6.07) is 7.66. The van der Waals surface area contributed by atoms with Gasteiger partial charge in [-0.1, -0.05) is 6.92 Å². The molecule has 0 unspecified atom stereocenters. The zero-order valence-corrected chi connectivity index (χ0v) is 11.2. The Morgan fingerprint density at radius 2 is 1.83 bits per heavy atom. The Balaban J connectivity index is 1.67. The van der Waals surface area contributed by atoms with Crippen LogP contribution in [0.1, 0.15) is 13.3 Å². The predicted octanol–water partition coefficient (Wildman–Crippen LogP) is 1.50. The number of nitrogens with two attached hydrogens (primary N) is 1. The van der Waals surface area contributed by atoms with Crippen molar-refractivity contribution in [1.29, 1.82) is 0 Å². The molecule has 0 atom stereocenters. The normalized spacial score (nSPS) is 18.2. The molecule has 0 spiro atoms. The van der Waals surface area contributed by atoms with Crippen LogP contribution in [-0.2, 0) is 0 Å². The Kier molecular flexibility index (Phi) is 4.09. The van der Waals surface area contributed by atoms with Crippen molar-refractivity contribution in [1.82, 2.24) is 4.90 Å². The summed E-state index contributed by atoms with van der Waals surface area (Å²) < 4.78 is 10.8. The molecule has 0 saturated carbocycles. The Labute approximate surface area is 109 Å². The first-order valence-corrected chi connectivity index (χ1v) is 6.43. The summed E-state index contributed by atoms with van der Waals surface area (Å²) in [5.41, 5.74) is 6.15. The van der Waals surface area contributed by atoms with Crippen LogP contribution in [0, 0.1) is 0 Å². The molecule has 0 bridgehead atoms. The number of methoxy groups -OCH3 is 1. The number of benzene rings is 1. The number of rotatable bonds is 6. The lowest BCUT2D eigenvalue weighted by Crippen LogP contribution is -2.67. The van der Waals surface area contributed by atoms with E-state index in [2.05, 4.69) is 11.8 Å². The van der Waals surface area contributed by atoms with Gasteiger partial charge in [0.1, 0.15) is 18.1 Å². The molecule has 18 heavy (non-hydrogen) atoms. The molecule has 1 aromatic carbocycles. The van der Waals surface area contributed by atoms with Crippen LogP contribution in [0.25, 0.3) is 0 Å². The van der Waals surface area contributed by atoms with Crippen LogP contribution in [0.2, 0.25) is 0 Å². The van der Waals surface area contributed by atoms with Gasteiger partial charge in [0, 0.05) is 25.2 Å². The number of nitrogens with zero attached hydrogens (tertiary/aromatic N) is 1. The fourth-order valence-corrected chi connectivity index (χ4v) is 2.19. The second kappa shape index (κ2) is 5.59. The van der Waals surface area contributed by atoms with Gasteiger partial charge < -0.3 is 15.2 Å². The molecule has 1 heterocycles. The molecule has 2 rings (SSSR count). The third kappa shape index (κ3) is 3.15. The van der Waals surface area contributed by atoms with E-state index in [1.807, 2.05) is 24.3 Å². The highest BCUT2D eigenvalue weighted by molar-refractivity contribution is 5.31. The summed E-state index contributed by atoms with van der Waals surface area (Å²) in [4.78, 5) is 2.33. The molecule has 4 nitrogen and oxygen atoms in total. The van der Waals surface area contributed by atoms with Gasteiger partial charge in [0.15, 0.2) is 0 Å². The lowest BCUT2D eigenvalue weighted by Gasteiger charge is -2.47. The minimum atomic E-state index is 0.0418. The van der Waals surface area contributed by atoms with Crippen molar-refractivity contribution in [2.24, 2.45) is 5.73 Å². The number of hydrogen-bond donors (Lipinski definition) is 1. The predicted molar refractivity (Wildman–Crippen MR) is 72.1 cm³/mol. The fraction of sp³-hybridized carbons (Fsp3) is 0.571. The van der Waals surface area contributed by atoms with Crippen LogP contribution >= 0.6 is 0 Å².